The van der Waals surface area contributed by atoms with E-state index in [1.54, 1.807) is 11.9 Å². The van der Waals surface area contributed by atoms with Crippen molar-refractivity contribution >= 4 is 16.9 Å². The highest BCUT2D eigenvalue weighted by atomic mass is 16.2. The molecule has 4 rings (SSSR count). The first-order chi connectivity index (χ1) is 14.5. The molecule has 8 heteroatoms. The summed E-state index contributed by atoms with van der Waals surface area (Å²) in [7, 11) is 1.56. The van der Waals surface area contributed by atoms with Crippen LogP contribution in [0.15, 0.2) is 40.1 Å². The molecule has 0 unspecified atom stereocenters. The lowest BCUT2D eigenvalue weighted by Gasteiger charge is -2.20. The second-order valence-electron chi connectivity index (χ2n) is 7.82. The predicted octanol–water partition coefficient (Wildman–Crippen LogP) is 1.87. The third-order valence-corrected chi connectivity index (χ3v) is 5.64. The molecule has 0 N–H and O–H groups in total. The van der Waals surface area contributed by atoms with E-state index in [0.29, 0.717) is 18.9 Å². The zero-order valence-corrected chi connectivity index (χ0v) is 17.3. The Labute approximate surface area is 173 Å². The number of aromatic nitrogens is 4. The number of hydrogen-bond donors (Lipinski definition) is 0. The van der Waals surface area contributed by atoms with E-state index >= 15 is 0 Å². The van der Waals surface area contributed by atoms with Gasteiger partial charge in [-0.3, -0.25) is 18.7 Å². The van der Waals surface area contributed by atoms with E-state index in [-0.39, 0.29) is 23.5 Å². The molecule has 8 nitrogen and oxygen atoms in total. The molecule has 1 aliphatic rings. The minimum Gasteiger partial charge on any atom is -0.341 e. The van der Waals surface area contributed by atoms with Crippen molar-refractivity contribution in [1.82, 2.24) is 24.0 Å². The van der Waals surface area contributed by atoms with Crippen molar-refractivity contribution < 1.29 is 4.79 Å². The van der Waals surface area contributed by atoms with Gasteiger partial charge in [0, 0.05) is 31.9 Å². The molecule has 0 aliphatic carbocycles. The Balaban J connectivity index is 1.73. The maximum Gasteiger partial charge on any atom is 0.332 e. The van der Waals surface area contributed by atoms with Crippen molar-refractivity contribution in [2.45, 2.75) is 39.2 Å². The second kappa shape index (κ2) is 8.22. The number of nitrogens with zero attached hydrogens (tertiary/aromatic N) is 5. The highest BCUT2D eigenvalue weighted by Gasteiger charge is 2.20. The number of fused-ring (bicyclic) bond motifs is 1. The Bertz CT molecular complexity index is 1200. The van der Waals surface area contributed by atoms with Crippen molar-refractivity contribution in [3.05, 3.63) is 56.9 Å². The summed E-state index contributed by atoms with van der Waals surface area (Å²) >= 11 is 0. The van der Waals surface area contributed by atoms with Crippen LogP contribution in [-0.4, -0.2) is 43.0 Å². The van der Waals surface area contributed by atoms with E-state index in [1.807, 2.05) is 31.2 Å². The normalized spacial score (nSPS) is 14.7. The van der Waals surface area contributed by atoms with Crippen LogP contribution in [0.25, 0.3) is 22.4 Å². The summed E-state index contributed by atoms with van der Waals surface area (Å²) in [6.45, 7) is 3.07. The van der Waals surface area contributed by atoms with Gasteiger partial charge < -0.3 is 4.90 Å². The fraction of sp³-hybridized carbons (Fsp3) is 0.409. The van der Waals surface area contributed by atoms with Gasteiger partial charge in [-0.05, 0) is 19.8 Å². The van der Waals surface area contributed by atoms with Gasteiger partial charge in [-0.2, -0.15) is 0 Å². The van der Waals surface area contributed by atoms with Crippen molar-refractivity contribution in [2.75, 3.05) is 13.1 Å². The number of likely N-dealkylation sites (tertiary alicyclic amines) is 1. The van der Waals surface area contributed by atoms with Gasteiger partial charge >= 0.3 is 5.69 Å². The van der Waals surface area contributed by atoms with Gasteiger partial charge in [0.25, 0.3) is 5.56 Å². The first kappa shape index (κ1) is 20.0. The van der Waals surface area contributed by atoms with Crippen molar-refractivity contribution in [3.63, 3.8) is 0 Å². The number of amides is 1. The lowest BCUT2D eigenvalue weighted by Crippen LogP contribution is -2.44. The molecule has 1 aromatic carbocycles. The second-order valence-corrected chi connectivity index (χ2v) is 7.82. The van der Waals surface area contributed by atoms with Gasteiger partial charge in [0.2, 0.25) is 5.91 Å². The molecule has 30 heavy (non-hydrogen) atoms. The smallest absolute Gasteiger partial charge is 0.332 e. The van der Waals surface area contributed by atoms with Crippen molar-refractivity contribution in [3.8, 4) is 11.4 Å². The lowest BCUT2D eigenvalue weighted by atomic mass is 10.1. The highest BCUT2D eigenvalue weighted by Crippen LogP contribution is 2.17. The molecule has 0 atom stereocenters. The number of aryl methyl sites for hydroxylation is 2. The molecule has 0 radical (unpaired) electrons. The van der Waals surface area contributed by atoms with Gasteiger partial charge in [0.15, 0.2) is 11.5 Å². The molecule has 0 saturated carbocycles. The first-order valence-electron chi connectivity index (χ1n) is 10.3. The number of benzene rings is 1. The van der Waals surface area contributed by atoms with Crippen LogP contribution in [-0.2, 0) is 18.4 Å². The molecule has 1 saturated heterocycles. The minimum atomic E-state index is -0.552. The first-order valence-corrected chi connectivity index (χ1v) is 10.3. The standard InChI is InChI=1S/C22H25N5O3/c1-15-7-9-16(10-8-15)19-23-13-17-20(24-19)25(2)22(30)27(21(17)29)14-18(28)26-11-5-3-4-6-12-26/h7-10,13H,3-6,11-12,14H2,1-2H3. The molecule has 3 heterocycles. The Morgan fingerprint density at radius 3 is 2.37 bits per heavy atom. The Hall–Kier alpha value is -3.29. The van der Waals surface area contributed by atoms with Crippen LogP contribution in [0, 0.1) is 6.92 Å². The average molecular weight is 407 g/mol. The summed E-state index contributed by atoms with van der Waals surface area (Å²) in [6.07, 6.45) is 5.54. The van der Waals surface area contributed by atoms with E-state index in [4.69, 9.17) is 0 Å². The van der Waals surface area contributed by atoms with Crippen LogP contribution in [0.4, 0.5) is 0 Å². The average Bonchev–Trinajstić information content (AvgIpc) is 3.05. The molecule has 1 amide bonds. The molecule has 1 fully saturated rings. The fourth-order valence-corrected chi connectivity index (χ4v) is 3.82. The molecule has 0 bridgehead atoms. The largest absolute Gasteiger partial charge is 0.341 e. The number of rotatable bonds is 3. The Morgan fingerprint density at radius 2 is 1.70 bits per heavy atom. The quantitative estimate of drug-likeness (QED) is 0.661. The summed E-state index contributed by atoms with van der Waals surface area (Å²) in [6, 6.07) is 7.70. The molecular formula is C22H25N5O3. The van der Waals surface area contributed by atoms with Crippen LogP contribution < -0.4 is 11.2 Å². The summed E-state index contributed by atoms with van der Waals surface area (Å²) < 4.78 is 2.30. The van der Waals surface area contributed by atoms with E-state index < -0.39 is 11.2 Å². The monoisotopic (exact) mass is 407 g/mol. The molecule has 156 valence electrons. The predicted molar refractivity (Wildman–Crippen MR) is 114 cm³/mol. The van der Waals surface area contributed by atoms with Crippen molar-refractivity contribution in [1.29, 1.82) is 0 Å². The maximum absolute atomic E-state index is 13.0. The fourth-order valence-electron chi connectivity index (χ4n) is 3.82. The molecule has 1 aliphatic heterocycles. The maximum atomic E-state index is 13.0. The SMILES string of the molecule is Cc1ccc(-c2ncc3c(=O)n(CC(=O)N4CCCCCC4)c(=O)n(C)c3n2)cc1. The Kier molecular flexibility index (Phi) is 5.48. The third-order valence-electron chi connectivity index (χ3n) is 5.64. The molecule has 0 spiro atoms. The van der Waals surface area contributed by atoms with Gasteiger partial charge in [0.05, 0.1) is 0 Å². The highest BCUT2D eigenvalue weighted by molar-refractivity contribution is 5.78. The van der Waals surface area contributed by atoms with Crippen LogP contribution >= 0.6 is 0 Å². The van der Waals surface area contributed by atoms with Gasteiger partial charge in [0.1, 0.15) is 11.9 Å². The zero-order valence-electron chi connectivity index (χ0n) is 17.3. The van der Waals surface area contributed by atoms with E-state index in [9.17, 15) is 14.4 Å². The number of carbonyl (C=O) groups excluding carboxylic acids is 1. The van der Waals surface area contributed by atoms with Crippen LogP contribution in [0.5, 0.6) is 0 Å². The van der Waals surface area contributed by atoms with Crippen LogP contribution in [0.2, 0.25) is 0 Å². The summed E-state index contributed by atoms with van der Waals surface area (Å²) in [5.41, 5.74) is 1.09. The molecule has 2 aromatic heterocycles. The summed E-state index contributed by atoms with van der Waals surface area (Å²) in [5.74, 6) is 0.239. The van der Waals surface area contributed by atoms with E-state index in [1.165, 1.54) is 10.8 Å². The minimum absolute atomic E-state index is 0.201. The molecular weight excluding hydrogens is 382 g/mol. The van der Waals surface area contributed by atoms with Crippen LogP contribution in [0.3, 0.4) is 0 Å². The van der Waals surface area contributed by atoms with Crippen molar-refractivity contribution in [2.24, 2.45) is 7.05 Å². The van der Waals surface area contributed by atoms with Crippen LogP contribution in [0.1, 0.15) is 31.2 Å². The number of carbonyl (C=O) groups is 1. The lowest BCUT2D eigenvalue weighted by molar-refractivity contribution is -0.131. The van der Waals surface area contributed by atoms with Gasteiger partial charge in [-0.1, -0.05) is 42.7 Å². The molecule has 3 aromatic rings. The zero-order chi connectivity index (χ0) is 21.3. The van der Waals surface area contributed by atoms with E-state index in [2.05, 4.69) is 9.97 Å². The topological polar surface area (TPSA) is 90.1 Å². The summed E-state index contributed by atoms with van der Waals surface area (Å²) in [4.78, 5) is 49.1. The van der Waals surface area contributed by atoms with E-state index in [0.717, 1.165) is 41.4 Å². The Morgan fingerprint density at radius 1 is 1.03 bits per heavy atom. The number of hydrogen-bond acceptors (Lipinski definition) is 5. The van der Waals surface area contributed by atoms with Gasteiger partial charge in [-0.15, -0.1) is 0 Å². The third kappa shape index (κ3) is 3.77. The summed E-state index contributed by atoms with van der Waals surface area (Å²) in [5, 5.41) is 0.219. The van der Waals surface area contributed by atoms with Gasteiger partial charge in [-0.25, -0.2) is 14.8 Å².